The zero-order chi connectivity index (χ0) is 42.2. The molecule has 16 N–H and O–H groups in total. The molecule has 56 heavy (non-hydrogen) atoms. The Kier molecular flexibility index (Phi) is 21.7. The average molecular weight is 773 g/mol. The molecule has 0 bridgehead atoms. The normalized spacial score (nSPS) is 11.8. The predicted octanol–water partition coefficient (Wildman–Crippen LogP) is 3.32. The molecule has 0 spiro atoms. The summed E-state index contributed by atoms with van der Waals surface area (Å²) in [6, 6.07) is 11.1. The lowest BCUT2D eigenvalue weighted by Gasteiger charge is -2.10. The van der Waals surface area contributed by atoms with Gasteiger partial charge in [0.2, 0.25) is 23.8 Å². The highest BCUT2D eigenvalue weighted by Crippen LogP contribution is 2.18. The molecule has 0 saturated carbocycles. The molecule has 2 aromatic rings. The number of rotatable bonds is 20. The number of carbonyl (C=O) groups excluding carboxylic acids is 2. The van der Waals surface area contributed by atoms with Gasteiger partial charge in [-0.2, -0.15) is 15.3 Å². The number of guanidine groups is 3. The number of hydrogen-bond donors (Lipinski definition) is 9. The Bertz CT molecular complexity index is 1810. The molecule has 0 aromatic heterocycles. The zero-order valence-electron chi connectivity index (χ0n) is 33.5. The average Bonchev–Trinajstić information content (AvgIpc) is 3.13. The molecule has 0 aliphatic carbocycles. The third kappa shape index (κ3) is 20.7. The molecule has 0 unspecified atom stereocenters. The monoisotopic (exact) mass is 773 g/mol. The maximum atomic E-state index is 12.6. The van der Waals surface area contributed by atoms with Gasteiger partial charge < -0.3 is 45.5 Å². The Morgan fingerprint density at radius 1 is 0.571 bits per heavy atom. The lowest BCUT2D eigenvalue weighted by Crippen LogP contribution is -2.22. The van der Waals surface area contributed by atoms with Gasteiger partial charge in [0.25, 0.3) is 0 Å². The van der Waals surface area contributed by atoms with Gasteiger partial charge in [0.05, 0.1) is 23.7 Å². The van der Waals surface area contributed by atoms with E-state index in [0.717, 1.165) is 35.2 Å². The van der Waals surface area contributed by atoms with Crippen LogP contribution >= 0.6 is 0 Å². The van der Waals surface area contributed by atoms with Crippen molar-refractivity contribution in [3.63, 3.8) is 0 Å². The number of carbonyl (C=O) groups is 2. The van der Waals surface area contributed by atoms with Crippen LogP contribution in [0, 0.1) is 5.41 Å². The second-order valence-corrected chi connectivity index (χ2v) is 13.0. The number of nitrogens with two attached hydrogens (primary N) is 7. The summed E-state index contributed by atoms with van der Waals surface area (Å²) in [6.45, 7) is 10.9. The van der Waals surface area contributed by atoms with Gasteiger partial charge in [-0.15, -0.1) is 15.3 Å². The molecule has 0 aliphatic heterocycles. The van der Waals surface area contributed by atoms with Crippen LogP contribution in [0.3, 0.4) is 0 Å². The van der Waals surface area contributed by atoms with Gasteiger partial charge in [-0.25, -0.2) is 0 Å². The van der Waals surface area contributed by atoms with Gasteiger partial charge >= 0.3 is 0 Å². The number of anilines is 1. The first-order valence-corrected chi connectivity index (χ1v) is 18.2. The van der Waals surface area contributed by atoms with Crippen molar-refractivity contribution >= 4 is 63.9 Å². The minimum atomic E-state index is -0.212. The second-order valence-electron chi connectivity index (χ2n) is 13.0. The van der Waals surface area contributed by atoms with Crippen LogP contribution in [0.25, 0.3) is 0 Å². The van der Waals surface area contributed by atoms with E-state index in [-0.39, 0.29) is 41.9 Å². The van der Waals surface area contributed by atoms with Crippen LogP contribution < -0.4 is 45.5 Å². The molecule has 0 atom stereocenters. The van der Waals surface area contributed by atoms with E-state index >= 15 is 0 Å². The molecule has 0 radical (unpaired) electrons. The van der Waals surface area contributed by atoms with E-state index in [9.17, 15) is 9.59 Å². The Labute approximate surface area is 329 Å². The fourth-order valence-electron chi connectivity index (χ4n) is 4.99. The Hall–Kier alpha value is -6.46. The van der Waals surface area contributed by atoms with E-state index in [1.807, 2.05) is 25.1 Å². The van der Waals surface area contributed by atoms with E-state index in [0.29, 0.717) is 46.8 Å². The summed E-state index contributed by atoms with van der Waals surface area (Å²) in [5.41, 5.74) is 44.2. The number of nitrogens with one attached hydrogen (secondary N) is 2. The topological polar surface area (TPSA) is 339 Å². The molecule has 0 fully saturated rings. The molecule has 1 amide bonds. The van der Waals surface area contributed by atoms with Gasteiger partial charge in [0, 0.05) is 42.3 Å². The number of ketones is 1. The van der Waals surface area contributed by atoms with E-state index in [2.05, 4.69) is 47.8 Å². The third-order valence-corrected chi connectivity index (χ3v) is 7.81. The first kappa shape index (κ1) is 47.6. The summed E-state index contributed by atoms with van der Waals surface area (Å²) in [4.78, 5) is 28.3. The molecule has 0 heterocycles. The molecule has 304 valence electrons. The molecular weight excluding hydrogens is 713 g/mol. The van der Waals surface area contributed by atoms with E-state index in [1.165, 1.54) is 39.0 Å². The largest absolute Gasteiger partial charge is 0.386 e. The van der Waals surface area contributed by atoms with Crippen molar-refractivity contribution in [2.45, 2.75) is 99.3 Å². The Morgan fingerprint density at radius 3 is 1.39 bits per heavy atom. The summed E-state index contributed by atoms with van der Waals surface area (Å²) in [7, 11) is 0. The maximum Gasteiger partial charge on any atom is 0.221 e. The zero-order valence-corrected chi connectivity index (χ0v) is 33.5. The van der Waals surface area contributed by atoms with Crippen molar-refractivity contribution in [2.75, 3.05) is 11.9 Å². The highest BCUT2D eigenvalue weighted by atomic mass is 16.1. The number of amidine groups is 1. The van der Waals surface area contributed by atoms with E-state index < -0.39 is 0 Å². The van der Waals surface area contributed by atoms with Crippen molar-refractivity contribution in [1.29, 1.82) is 5.41 Å². The lowest BCUT2D eigenvalue weighted by atomic mass is 9.96. The van der Waals surface area contributed by atoms with Crippen molar-refractivity contribution in [1.82, 2.24) is 0 Å². The molecule has 0 aliphatic rings. The Balaban J connectivity index is 0.000000583. The van der Waals surface area contributed by atoms with Gasteiger partial charge in [0.15, 0.2) is 0 Å². The third-order valence-electron chi connectivity index (χ3n) is 7.81. The highest BCUT2D eigenvalue weighted by Gasteiger charge is 2.11. The number of hydrogen-bond acceptors (Lipinski definition) is 10. The molecule has 0 saturated heterocycles. The van der Waals surface area contributed by atoms with Crippen molar-refractivity contribution in [3.05, 3.63) is 64.2 Å². The molecule has 18 nitrogen and oxygen atoms in total. The summed E-state index contributed by atoms with van der Waals surface area (Å²) in [5.74, 6) is -0.424. The van der Waals surface area contributed by atoms with Crippen LogP contribution in [0.1, 0.15) is 121 Å². The van der Waals surface area contributed by atoms with Crippen LogP contribution in [0.15, 0.2) is 72.0 Å². The standard InChI is InChI=1S/C24H39N7O.C14H21N9O/c1-4-5-6-7-8-9-10-11-22(32)14-19-12-20(17(2)29-16-23(25)26)15-21(13-19)18(3)30-31-24(27)28;1-7(20-22-13(15)16)10-4-11(8(2)21-23-14(17)18)6-12(5-10)19-9(3)24/h12-13,15H,4-11,14,16H2,1-3H3,(H3,25,26)(H4,27,28,31);4-6H,1-3H3,(H,19,24)(H4,15,16,22)(H4,17,18,23)/b29-17?,30-18+;20-7+,21-8+. The van der Waals surface area contributed by atoms with Crippen LogP contribution in [-0.4, -0.2) is 64.8 Å². The van der Waals surface area contributed by atoms with Crippen molar-refractivity contribution in [3.8, 4) is 0 Å². The highest BCUT2D eigenvalue weighted by molar-refractivity contribution is 6.07. The maximum absolute atomic E-state index is 12.6. The quantitative estimate of drug-likeness (QED) is 0.0412. The smallest absolute Gasteiger partial charge is 0.221 e. The van der Waals surface area contributed by atoms with E-state index in [1.54, 1.807) is 39.0 Å². The number of nitrogens with zero attached hydrogens (tertiary/aromatic N) is 7. The summed E-state index contributed by atoms with van der Waals surface area (Å²) in [6.07, 6.45) is 9.24. The molecule has 2 rings (SSSR count). The second kappa shape index (κ2) is 25.5. The SMILES string of the molecule is CC(=O)Nc1cc(/C(C)=N/N=C(N)N)cc(/C(C)=N/N=C(N)N)c1.CCCCCCCCCC(=O)Cc1cc(C(C)=NCC(=N)N)cc(/C(C)=N/N=C(N)N)c1. The number of aliphatic imine (C=N–C) groups is 1. The number of unbranched alkanes of at least 4 members (excludes halogenated alkanes) is 6. The molecule has 2 aromatic carbocycles. The van der Waals surface area contributed by atoms with Gasteiger partial charge in [-0.3, -0.25) is 20.0 Å². The van der Waals surface area contributed by atoms with Gasteiger partial charge in [-0.05, 0) is 87.2 Å². The minimum absolute atomic E-state index is 0.00361. The fourth-order valence-corrected chi connectivity index (χ4v) is 4.99. The molecule has 18 heteroatoms. The first-order valence-electron chi connectivity index (χ1n) is 18.2. The summed E-state index contributed by atoms with van der Waals surface area (Å²) in [5, 5.41) is 32.9. The number of benzene rings is 2. The van der Waals surface area contributed by atoms with E-state index in [4.69, 9.17) is 45.5 Å². The van der Waals surface area contributed by atoms with Crippen LogP contribution in [0.5, 0.6) is 0 Å². The van der Waals surface area contributed by atoms with Crippen LogP contribution in [0.2, 0.25) is 0 Å². The first-order chi connectivity index (χ1) is 26.4. The Morgan fingerprint density at radius 2 is 0.982 bits per heavy atom. The van der Waals surface area contributed by atoms with Crippen LogP contribution in [-0.2, 0) is 16.0 Å². The van der Waals surface area contributed by atoms with Crippen molar-refractivity contribution < 1.29 is 9.59 Å². The summed E-state index contributed by atoms with van der Waals surface area (Å²) < 4.78 is 0. The molecular formula is C38H60N16O2. The number of amides is 1. The fraction of sp³-hybridized carbons (Fsp3) is 0.421. The lowest BCUT2D eigenvalue weighted by molar-refractivity contribution is -0.118. The van der Waals surface area contributed by atoms with Crippen molar-refractivity contribution in [2.24, 2.45) is 75.7 Å². The van der Waals surface area contributed by atoms with Crippen LogP contribution in [0.4, 0.5) is 5.69 Å². The summed E-state index contributed by atoms with van der Waals surface area (Å²) >= 11 is 0. The van der Waals surface area contributed by atoms with Gasteiger partial charge in [-0.1, -0.05) is 45.4 Å². The van der Waals surface area contributed by atoms with Gasteiger partial charge in [0.1, 0.15) is 11.6 Å². The minimum Gasteiger partial charge on any atom is -0.386 e. The number of Topliss-reactive ketones (excluding diaryl/α,β-unsaturated/α-hetero) is 1. The predicted molar refractivity (Wildman–Crippen MR) is 232 cm³/mol.